The van der Waals surface area contributed by atoms with Crippen molar-refractivity contribution in [2.24, 2.45) is 0 Å². The molecule has 3 aromatic rings. The normalized spacial score (nSPS) is 10.7. The number of amides is 1. The number of benzene rings is 1. The second-order valence-electron chi connectivity index (χ2n) is 4.19. The number of nitrogens with one attached hydrogen (secondary N) is 1. The lowest BCUT2D eigenvalue weighted by Crippen LogP contribution is -2.12. The molecule has 5 nitrogen and oxygen atoms in total. The van der Waals surface area contributed by atoms with Crippen LogP contribution in [0.5, 0.6) is 5.75 Å². The van der Waals surface area contributed by atoms with Gasteiger partial charge in [-0.15, -0.1) is 11.3 Å². The van der Waals surface area contributed by atoms with E-state index >= 15 is 0 Å². The van der Waals surface area contributed by atoms with E-state index in [0.717, 1.165) is 5.39 Å². The summed E-state index contributed by atoms with van der Waals surface area (Å²) in [7, 11) is 1.59. The molecule has 0 radical (unpaired) electrons. The van der Waals surface area contributed by atoms with Crippen molar-refractivity contribution in [1.29, 1.82) is 0 Å². The van der Waals surface area contributed by atoms with Gasteiger partial charge in [0.05, 0.1) is 12.7 Å². The number of rotatable bonds is 3. The fourth-order valence-corrected chi connectivity index (χ4v) is 2.58. The first kappa shape index (κ1) is 12.7. The third kappa shape index (κ3) is 2.14. The van der Waals surface area contributed by atoms with Gasteiger partial charge < -0.3 is 9.15 Å². The molecule has 0 aliphatic heterocycles. The van der Waals surface area contributed by atoms with E-state index in [-0.39, 0.29) is 5.91 Å². The third-order valence-corrected chi connectivity index (χ3v) is 3.64. The molecule has 2 heterocycles. The maximum Gasteiger partial charge on any atom is 0.261 e. The molecule has 102 valence electrons. The van der Waals surface area contributed by atoms with Crippen molar-refractivity contribution in [2.75, 3.05) is 12.4 Å². The summed E-state index contributed by atoms with van der Waals surface area (Å²) < 4.78 is 10.8. The van der Waals surface area contributed by atoms with Crippen molar-refractivity contribution in [1.82, 2.24) is 4.98 Å². The summed E-state index contributed by atoms with van der Waals surface area (Å²) in [4.78, 5) is 16.4. The number of methoxy groups -OCH3 is 1. The summed E-state index contributed by atoms with van der Waals surface area (Å²) in [5.41, 5.74) is 1.17. The first-order valence-corrected chi connectivity index (χ1v) is 6.85. The van der Waals surface area contributed by atoms with Crippen LogP contribution in [0.1, 0.15) is 16.1 Å². The number of anilines is 1. The van der Waals surface area contributed by atoms with Gasteiger partial charge in [0, 0.05) is 17.0 Å². The Bertz CT molecular complexity index is 762. The molecule has 0 saturated heterocycles. The van der Waals surface area contributed by atoms with Crippen LogP contribution in [0, 0.1) is 6.92 Å². The van der Waals surface area contributed by atoms with Gasteiger partial charge in [-0.2, -0.15) is 0 Å². The molecule has 20 heavy (non-hydrogen) atoms. The van der Waals surface area contributed by atoms with Gasteiger partial charge in [-0.05, 0) is 25.1 Å². The molecule has 0 unspecified atom stereocenters. The summed E-state index contributed by atoms with van der Waals surface area (Å²) >= 11 is 1.37. The lowest BCUT2D eigenvalue weighted by atomic mass is 10.1. The first-order chi connectivity index (χ1) is 9.69. The Balaban J connectivity index is 2.05. The topological polar surface area (TPSA) is 64.4 Å². The number of hydrogen-bond acceptors (Lipinski definition) is 5. The SMILES string of the molecule is COc1ccc2oc(C)c(C(=O)Nc3nccs3)c2c1. The summed E-state index contributed by atoms with van der Waals surface area (Å²) in [6.07, 6.45) is 1.64. The molecule has 1 amide bonds. The molecule has 2 aromatic heterocycles. The molecule has 0 atom stereocenters. The predicted molar refractivity (Wildman–Crippen MR) is 77.6 cm³/mol. The zero-order valence-electron chi connectivity index (χ0n) is 11.0. The summed E-state index contributed by atoms with van der Waals surface area (Å²) in [6, 6.07) is 5.39. The average Bonchev–Trinajstić information content (AvgIpc) is 3.04. The minimum absolute atomic E-state index is 0.232. The minimum Gasteiger partial charge on any atom is -0.497 e. The largest absolute Gasteiger partial charge is 0.497 e. The number of nitrogens with zero attached hydrogens (tertiary/aromatic N) is 1. The Morgan fingerprint density at radius 3 is 3.00 bits per heavy atom. The molecule has 0 fully saturated rings. The molecular weight excluding hydrogens is 276 g/mol. The summed E-state index contributed by atoms with van der Waals surface area (Å²) in [5.74, 6) is 1.02. The fourth-order valence-electron chi connectivity index (χ4n) is 2.05. The van der Waals surface area contributed by atoms with Gasteiger partial charge in [0.1, 0.15) is 17.1 Å². The molecule has 0 aliphatic rings. The Morgan fingerprint density at radius 1 is 1.45 bits per heavy atom. The lowest BCUT2D eigenvalue weighted by molar-refractivity contribution is 0.102. The van der Waals surface area contributed by atoms with Gasteiger partial charge in [0.25, 0.3) is 5.91 Å². The molecule has 0 spiro atoms. The second-order valence-corrected chi connectivity index (χ2v) is 5.08. The lowest BCUT2D eigenvalue weighted by Gasteiger charge is -2.02. The number of thiazole rings is 1. The van der Waals surface area contributed by atoms with Gasteiger partial charge >= 0.3 is 0 Å². The Morgan fingerprint density at radius 2 is 2.30 bits per heavy atom. The molecule has 3 rings (SSSR count). The number of furan rings is 1. The van der Waals surface area contributed by atoms with Gasteiger partial charge in [-0.3, -0.25) is 10.1 Å². The van der Waals surface area contributed by atoms with Crippen LogP contribution in [0.4, 0.5) is 5.13 Å². The van der Waals surface area contributed by atoms with Crippen molar-refractivity contribution >= 4 is 33.3 Å². The maximum absolute atomic E-state index is 12.4. The molecule has 6 heteroatoms. The highest BCUT2D eigenvalue weighted by atomic mass is 32.1. The van der Waals surface area contributed by atoms with Crippen LogP contribution in [0.3, 0.4) is 0 Å². The average molecular weight is 288 g/mol. The van der Waals surface area contributed by atoms with E-state index in [1.807, 2.05) is 0 Å². The number of aryl methyl sites for hydroxylation is 1. The molecule has 1 aromatic carbocycles. The van der Waals surface area contributed by atoms with Crippen LogP contribution in [-0.4, -0.2) is 18.0 Å². The number of carbonyl (C=O) groups is 1. The van der Waals surface area contributed by atoms with Crippen LogP contribution in [0.2, 0.25) is 0 Å². The van der Waals surface area contributed by atoms with Crippen LogP contribution in [0.15, 0.2) is 34.2 Å². The number of carbonyl (C=O) groups excluding carboxylic acids is 1. The fraction of sp³-hybridized carbons (Fsp3) is 0.143. The number of fused-ring (bicyclic) bond motifs is 1. The Kier molecular flexibility index (Phi) is 3.15. The van der Waals surface area contributed by atoms with Crippen LogP contribution in [0.25, 0.3) is 11.0 Å². The Labute approximate surface area is 119 Å². The zero-order valence-corrected chi connectivity index (χ0v) is 11.8. The smallest absolute Gasteiger partial charge is 0.261 e. The van der Waals surface area contributed by atoms with Crippen molar-refractivity contribution in [3.63, 3.8) is 0 Å². The van der Waals surface area contributed by atoms with E-state index in [2.05, 4.69) is 10.3 Å². The Hall–Kier alpha value is -2.34. The van der Waals surface area contributed by atoms with Crippen molar-refractivity contribution < 1.29 is 13.9 Å². The van der Waals surface area contributed by atoms with Crippen LogP contribution in [-0.2, 0) is 0 Å². The zero-order chi connectivity index (χ0) is 14.1. The van der Waals surface area contributed by atoms with E-state index in [1.165, 1.54) is 11.3 Å². The molecule has 0 saturated carbocycles. The van der Waals surface area contributed by atoms with E-state index in [9.17, 15) is 4.79 Å². The maximum atomic E-state index is 12.4. The van der Waals surface area contributed by atoms with Gasteiger partial charge in [0.15, 0.2) is 5.13 Å². The second kappa shape index (κ2) is 4.97. The van der Waals surface area contributed by atoms with Crippen LogP contribution >= 0.6 is 11.3 Å². The van der Waals surface area contributed by atoms with E-state index in [1.54, 1.807) is 43.8 Å². The number of aromatic nitrogens is 1. The summed E-state index contributed by atoms with van der Waals surface area (Å²) in [5, 5.41) is 5.86. The van der Waals surface area contributed by atoms with E-state index < -0.39 is 0 Å². The van der Waals surface area contributed by atoms with Gasteiger partial charge in [-0.25, -0.2) is 4.98 Å². The van der Waals surface area contributed by atoms with E-state index in [0.29, 0.717) is 27.8 Å². The first-order valence-electron chi connectivity index (χ1n) is 5.97. The van der Waals surface area contributed by atoms with Crippen molar-refractivity contribution in [3.05, 3.63) is 41.1 Å². The predicted octanol–water partition coefficient (Wildman–Crippen LogP) is 3.46. The molecule has 0 aliphatic carbocycles. The van der Waals surface area contributed by atoms with Crippen LogP contribution < -0.4 is 10.1 Å². The number of hydrogen-bond donors (Lipinski definition) is 1. The van der Waals surface area contributed by atoms with Crippen molar-refractivity contribution in [2.45, 2.75) is 6.92 Å². The van der Waals surface area contributed by atoms with Crippen molar-refractivity contribution in [3.8, 4) is 5.75 Å². The van der Waals surface area contributed by atoms with E-state index in [4.69, 9.17) is 9.15 Å². The highest BCUT2D eigenvalue weighted by Gasteiger charge is 2.19. The highest BCUT2D eigenvalue weighted by molar-refractivity contribution is 7.13. The molecule has 0 bridgehead atoms. The minimum atomic E-state index is -0.232. The third-order valence-electron chi connectivity index (χ3n) is 2.95. The number of ether oxygens (including phenoxy) is 1. The van der Waals surface area contributed by atoms with Gasteiger partial charge in [0.2, 0.25) is 0 Å². The molecular formula is C14H12N2O3S. The van der Waals surface area contributed by atoms with Gasteiger partial charge in [-0.1, -0.05) is 0 Å². The molecule has 1 N–H and O–H groups in total. The quantitative estimate of drug-likeness (QED) is 0.801. The highest BCUT2D eigenvalue weighted by Crippen LogP contribution is 2.29. The monoisotopic (exact) mass is 288 g/mol. The standard InChI is InChI=1S/C14H12N2O3S/c1-8-12(13(17)16-14-15-5-6-20-14)10-7-9(18-2)3-4-11(10)19-8/h3-7H,1-2H3,(H,15,16,17). The summed E-state index contributed by atoms with van der Waals surface area (Å²) in [6.45, 7) is 1.77.